The van der Waals surface area contributed by atoms with Crippen LogP contribution in [0.15, 0.2) is 54.6 Å². The highest BCUT2D eigenvalue weighted by atomic mass is 35.5. The third-order valence-corrected chi connectivity index (χ3v) is 5.90. The summed E-state index contributed by atoms with van der Waals surface area (Å²) in [6, 6.07) is 16.8. The van der Waals surface area contributed by atoms with E-state index in [-0.39, 0.29) is 5.91 Å². The molecule has 0 bridgehead atoms. The van der Waals surface area contributed by atoms with Crippen LogP contribution < -0.4 is 9.64 Å². The van der Waals surface area contributed by atoms with E-state index in [1.165, 1.54) is 0 Å². The minimum absolute atomic E-state index is 0.1000. The molecule has 0 spiro atoms. The van der Waals surface area contributed by atoms with E-state index in [0.29, 0.717) is 48.3 Å². The Morgan fingerprint density at radius 2 is 1.77 bits per heavy atom. The number of benzene rings is 2. The second-order valence-electron chi connectivity index (χ2n) is 7.26. The van der Waals surface area contributed by atoms with Gasteiger partial charge in [-0.05, 0) is 36.4 Å². The van der Waals surface area contributed by atoms with Crippen LogP contribution in [0.1, 0.15) is 5.56 Å². The lowest BCUT2D eigenvalue weighted by molar-refractivity contribution is -0.130. The second kappa shape index (κ2) is 9.54. The Morgan fingerprint density at radius 1 is 1.00 bits per heavy atom. The van der Waals surface area contributed by atoms with Gasteiger partial charge in [0.2, 0.25) is 5.91 Å². The molecule has 0 atom stereocenters. The van der Waals surface area contributed by atoms with Crippen molar-refractivity contribution in [2.45, 2.75) is 6.42 Å². The van der Waals surface area contributed by atoms with E-state index in [1.54, 1.807) is 19.2 Å². The molecular weight excluding hydrogens is 435 g/mol. The fraction of sp³-hybridized carbons (Fsp3) is 0.261. The third kappa shape index (κ3) is 4.92. The molecular formula is C23H22Cl2N4O2. The number of rotatable bonds is 5. The van der Waals surface area contributed by atoms with Crippen molar-refractivity contribution in [2.75, 3.05) is 38.2 Å². The minimum atomic E-state index is 0.1000. The molecule has 4 rings (SSSR count). The van der Waals surface area contributed by atoms with Crippen molar-refractivity contribution in [3.8, 4) is 17.0 Å². The predicted octanol–water partition coefficient (Wildman–Crippen LogP) is 4.35. The molecule has 0 unspecified atom stereocenters. The van der Waals surface area contributed by atoms with E-state index in [0.717, 1.165) is 22.7 Å². The standard InChI is InChI=1S/C23H22Cl2N4O2/c1-31-21-5-3-2-4-16(21)14-23(30)29-12-10-28(11-13-29)22-9-8-20(26-27-22)18-7-6-17(24)15-19(18)25/h2-9,15H,10-14H2,1H3. The monoisotopic (exact) mass is 456 g/mol. The van der Waals surface area contributed by atoms with Crippen LogP contribution in [0.3, 0.4) is 0 Å². The van der Waals surface area contributed by atoms with Crippen molar-refractivity contribution in [3.05, 3.63) is 70.2 Å². The molecule has 0 N–H and O–H groups in total. The SMILES string of the molecule is COc1ccccc1CC(=O)N1CCN(c2ccc(-c3ccc(Cl)cc3Cl)nn2)CC1. The number of carbonyl (C=O) groups is 1. The highest BCUT2D eigenvalue weighted by Crippen LogP contribution is 2.29. The summed E-state index contributed by atoms with van der Waals surface area (Å²) < 4.78 is 5.35. The molecule has 1 saturated heterocycles. The molecule has 31 heavy (non-hydrogen) atoms. The van der Waals surface area contributed by atoms with Crippen LogP contribution in [0.2, 0.25) is 10.0 Å². The molecule has 1 aliphatic rings. The van der Waals surface area contributed by atoms with Crippen molar-refractivity contribution in [1.82, 2.24) is 15.1 Å². The summed E-state index contributed by atoms with van der Waals surface area (Å²) in [5.41, 5.74) is 2.38. The molecule has 0 aliphatic carbocycles. The summed E-state index contributed by atoms with van der Waals surface area (Å²) in [4.78, 5) is 16.8. The van der Waals surface area contributed by atoms with Crippen LogP contribution in [-0.2, 0) is 11.2 Å². The number of amides is 1. The zero-order valence-corrected chi connectivity index (χ0v) is 18.6. The second-order valence-corrected chi connectivity index (χ2v) is 8.10. The van der Waals surface area contributed by atoms with Crippen LogP contribution >= 0.6 is 23.2 Å². The first-order chi connectivity index (χ1) is 15.0. The number of methoxy groups -OCH3 is 1. The van der Waals surface area contributed by atoms with Gasteiger partial charge < -0.3 is 14.5 Å². The van der Waals surface area contributed by atoms with Gasteiger partial charge in [0.1, 0.15) is 5.75 Å². The zero-order chi connectivity index (χ0) is 21.8. The van der Waals surface area contributed by atoms with Crippen LogP contribution in [0.25, 0.3) is 11.3 Å². The number of anilines is 1. The van der Waals surface area contributed by atoms with Gasteiger partial charge in [0, 0.05) is 42.3 Å². The van der Waals surface area contributed by atoms with E-state index in [4.69, 9.17) is 27.9 Å². The number of aromatic nitrogens is 2. The van der Waals surface area contributed by atoms with Crippen LogP contribution in [-0.4, -0.2) is 54.3 Å². The lowest BCUT2D eigenvalue weighted by atomic mass is 10.1. The van der Waals surface area contributed by atoms with E-state index in [9.17, 15) is 4.79 Å². The van der Waals surface area contributed by atoms with E-state index >= 15 is 0 Å². The number of piperazine rings is 1. The average molecular weight is 457 g/mol. The Bertz CT molecular complexity index is 1070. The van der Waals surface area contributed by atoms with E-state index < -0.39 is 0 Å². The summed E-state index contributed by atoms with van der Waals surface area (Å²) in [6.45, 7) is 2.68. The Morgan fingerprint density at radius 3 is 2.45 bits per heavy atom. The molecule has 8 heteroatoms. The maximum Gasteiger partial charge on any atom is 0.227 e. The molecule has 2 aromatic carbocycles. The van der Waals surface area contributed by atoms with Gasteiger partial charge in [-0.15, -0.1) is 10.2 Å². The topological polar surface area (TPSA) is 58.6 Å². The third-order valence-electron chi connectivity index (χ3n) is 5.35. The van der Waals surface area contributed by atoms with Crippen molar-refractivity contribution in [1.29, 1.82) is 0 Å². The molecule has 1 aliphatic heterocycles. The van der Waals surface area contributed by atoms with Gasteiger partial charge in [-0.1, -0.05) is 41.4 Å². The smallest absolute Gasteiger partial charge is 0.227 e. The molecule has 0 radical (unpaired) electrons. The number of nitrogens with zero attached hydrogens (tertiary/aromatic N) is 4. The predicted molar refractivity (Wildman–Crippen MR) is 123 cm³/mol. The van der Waals surface area contributed by atoms with Crippen molar-refractivity contribution < 1.29 is 9.53 Å². The van der Waals surface area contributed by atoms with Gasteiger partial charge in [0.15, 0.2) is 5.82 Å². The van der Waals surface area contributed by atoms with Crippen molar-refractivity contribution in [2.24, 2.45) is 0 Å². The Labute approximate surface area is 191 Å². The maximum atomic E-state index is 12.7. The van der Waals surface area contributed by atoms with E-state index in [1.807, 2.05) is 47.4 Å². The van der Waals surface area contributed by atoms with Crippen LogP contribution in [0.4, 0.5) is 5.82 Å². The van der Waals surface area contributed by atoms with Gasteiger partial charge in [-0.3, -0.25) is 4.79 Å². The summed E-state index contributed by atoms with van der Waals surface area (Å²) in [5, 5.41) is 9.82. The summed E-state index contributed by atoms with van der Waals surface area (Å²) >= 11 is 12.2. The lowest BCUT2D eigenvalue weighted by Gasteiger charge is -2.35. The van der Waals surface area contributed by atoms with Gasteiger partial charge in [-0.25, -0.2) is 0 Å². The highest BCUT2D eigenvalue weighted by Gasteiger charge is 2.23. The molecule has 6 nitrogen and oxygen atoms in total. The maximum absolute atomic E-state index is 12.7. The lowest BCUT2D eigenvalue weighted by Crippen LogP contribution is -2.49. The van der Waals surface area contributed by atoms with Crippen molar-refractivity contribution >= 4 is 34.9 Å². The van der Waals surface area contributed by atoms with Gasteiger partial charge in [0.25, 0.3) is 0 Å². The van der Waals surface area contributed by atoms with Crippen LogP contribution in [0, 0.1) is 0 Å². The normalized spacial score (nSPS) is 13.9. The summed E-state index contributed by atoms with van der Waals surface area (Å²) in [5.74, 6) is 1.62. The van der Waals surface area contributed by atoms with E-state index in [2.05, 4.69) is 15.1 Å². The minimum Gasteiger partial charge on any atom is -0.496 e. The number of ether oxygens (including phenoxy) is 1. The van der Waals surface area contributed by atoms with Crippen molar-refractivity contribution in [3.63, 3.8) is 0 Å². The molecule has 160 valence electrons. The molecule has 0 saturated carbocycles. The fourth-order valence-electron chi connectivity index (χ4n) is 3.64. The molecule has 2 heterocycles. The molecule has 1 amide bonds. The average Bonchev–Trinajstić information content (AvgIpc) is 2.80. The van der Waals surface area contributed by atoms with Crippen LogP contribution in [0.5, 0.6) is 5.75 Å². The summed E-state index contributed by atoms with van der Waals surface area (Å²) in [6.07, 6.45) is 0.334. The molecule has 1 aromatic heterocycles. The number of hydrogen-bond donors (Lipinski definition) is 0. The first kappa shape index (κ1) is 21.4. The molecule has 1 fully saturated rings. The highest BCUT2D eigenvalue weighted by molar-refractivity contribution is 6.36. The quantitative estimate of drug-likeness (QED) is 0.570. The largest absolute Gasteiger partial charge is 0.496 e. The fourth-order valence-corrected chi connectivity index (χ4v) is 4.15. The van der Waals surface area contributed by atoms with Gasteiger partial charge >= 0.3 is 0 Å². The number of carbonyl (C=O) groups excluding carboxylic acids is 1. The van der Waals surface area contributed by atoms with Gasteiger partial charge in [0.05, 0.1) is 24.2 Å². The Hall–Kier alpha value is -2.83. The number of hydrogen-bond acceptors (Lipinski definition) is 5. The number of halogens is 2. The van der Waals surface area contributed by atoms with Gasteiger partial charge in [-0.2, -0.15) is 0 Å². The zero-order valence-electron chi connectivity index (χ0n) is 17.1. The molecule has 3 aromatic rings. The Balaban J connectivity index is 1.37. The Kier molecular flexibility index (Phi) is 6.59. The first-order valence-corrected chi connectivity index (χ1v) is 10.7. The first-order valence-electron chi connectivity index (χ1n) is 9.99. The number of para-hydroxylation sites is 1. The summed E-state index contributed by atoms with van der Waals surface area (Å²) in [7, 11) is 1.62.